The van der Waals surface area contributed by atoms with E-state index in [1.165, 1.54) is 11.4 Å². The van der Waals surface area contributed by atoms with E-state index in [9.17, 15) is 45.1 Å². The number of amides is 3. The van der Waals surface area contributed by atoms with E-state index in [1.54, 1.807) is 54.3 Å². The molecule has 0 aliphatic rings. The molecule has 25 heteroatoms. The lowest BCUT2D eigenvalue weighted by Crippen LogP contribution is -2.35. The van der Waals surface area contributed by atoms with E-state index in [2.05, 4.69) is 15.9 Å². The highest BCUT2D eigenvalue weighted by atomic mass is 79.9. The van der Waals surface area contributed by atoms with Gasteiger partial charge in [0.05, 0.1) is 41.1 Å². The number of hydrogen-bond donors (Lipinski definition) is 2. The number of urea groups is 1. The third-order valence-corrected chi connectivity index (χ3v) is 15.3. The molecule has 0 saturated carbocycles. The van der Waals surface area contributed by atoms with Crippen molar-refractivity contribution in [2.75, 3.05) is 37.1 Å². The van der Waals surface area contributed by atoms with Crippen molar-refractivity contribution in [1.82, 2.24) is 5.32 Å². The highest BCUT2D eigenvalue weighted by Gasteiger charge is 2.32. The Hall–Kier alpha value is -3.88. The Morgan fingerprint density at radius 2 is 1.31 bits per heavy atom. The van der Waals surface area contributed by atoms with Crippen LogP contribution < -0.4 is 24.4 Å². The summed E-state index contributed by atoms with van der Waals surface area (Å²) in [4.78, 5) is 24.9. The Kier molecular flexibility index (Phi) is 25.5. The first-order chi connectivity index (χ1) is 33.1. The summed E-state index contributed by atoms with van der Waals surface area (Å²) in [6.45, 7) is 5.53. The van der Waals surface area contributed by atoms with Crippen LogP contribution in [0.15, 0.2) is 106 Å². The number of imide groups is 1. The van der Waals surface area contributed by atoms with Gasteiger partial charge in [0.2, 0.25) is 0 Å². The predicted molar refractivity (Wildman–Crippen MR) is 266 cm³/mol. The molecule has 1 atom stereocenters. The van der Waals surface area contributed by atoms with E-state index in [0.717, 1.165) is 77.2 Å². The van der Waals surface area contributed by atoms with Crippen molar-refractivity contribution < 1.29 is 72.4 Å². The third kappa shape index (κ3) is 20.3. The van der Waals surface area contributed by atoms with Crippen LogP contribution in [0.1, 0.15) is 62.9 Å². The molecule has 0 radical (unpaired) electrons. The van der Waals surface area contributed by atoms with Crippen molar-refractivity contribution in [3.8, 4) is 23.0 Å². The molecule has 0 aromatic heterocycles. The fourth-order valence-corrected chi connectivity index (χ4v) is 11.2. The van der Waals surface area contributed by atoms with Crippen molar-refractivity contribution >= 4 is 94.5 Å². The smallest absolute Gasteiger partial charge is 0.456 e. The van der Waals surface area contributed by atoms with E-state index in [4.69, 9.17) is 50.6 Å². The summed E-state index contributed by atoms with van der Waals surface area (Å²) in [5, 5.41) is 3.67. The topological polar surface area (TPSA) is 148 Å². The van der Waals surface area contributed by atoms with E-state index in [1.807, 2.05) is 44.5 Å². The van der Waals surface area contributed by atoms with E-state index in [0.29, 0.717) is 48.2 Å². The molecule has 0 aliphatic heterocycles. The predicted octanol–water partition coefficient (Wildman–Crippen LogP) is 17.0. The molecule has 0 spiro atoms. The number of halogens is 9. The molecule has 5 rings (SSSR count). The average Bonchev–Trinajstić information content (AvgIpc) is 3.30. The number of anilines is 1. The number of phosphoric acid groups is 1. The van der Waals surface area contributed by atoms with E-state index < -0.39 is 67.0 Å². The Labute approximate surface area is 428 Å². The van der Waals surface area contributed by atoms with Gasteiger partial charge in [0.15, 0.2) is 0 Å². The SMILES string of the molecule is CCCOP(=O)(OCCC)Oc1ccc(SC)cc1.CCCSP(=O)(OCC)Oc1ccc(Br)cc1Cl.O=C(NC(=O)c1c(F)cccc1F)Nc1ccc(Oc2ccc(C(F)(F)F)cc2Cl)cc1F. The lowest BCUT2D eigenvalue weighted by atomic mass is 10.2. The molecule has 5 aromatic rings. The second kappa shape index (κ2) is 29.6. The van der Waals surface area contributed by atoms with Gasteiger partial charge in [-0.3, -0.25) is 23.7 Å². The van der Waals surface area contributed by atoms with Crippen LogP contribution >= 0.6 is 76.9 Å². The maximum Gasteiger partial charge on any atom is 0.530 e. The number of thioether (sulfide) groups is 1. The molecule has 12 nitrogen and oxygen atoms in total. The largest absolute Gasteiger partial charge is 0.530 e. The first-order valence-electron chi connectivity index (χ1n) is 20.8. The van der Waals surface area contributed by atoms with Gasteiger partial charge in [-0.25, -0.2) is 27.1 Å². The van der Waals surface area contributed by atoms with Gasteiger partial charge in [-0.2, -0.15) is 13.2 Å². The minimum atomic E-state index is -4.61. The second-order valence-corrected chi connectivity index (χ2v) is 22.0. The lowest BCUT2D eigenvalue weighted by molar-refractivity contribution is -0.137. The van der Waals surface area contributed by atoms with Gasteiger partial charge < -0.3 is 19.1 Å². The molecule has 3 amide bonds. The highest BCUT2D eigenvalue weighted by molar-refractivity contribution is 9.10. The summed E-state index contributed by atoms with van der Waals surface area (Å²) in [5.41, 5.74) is -2.42. The van der Waals surface area contributed by atoms with Gasteiger partial charge in [-0.05, 0) is 129 Å². The normalized spacial score (nSPS) is 12.0. The molecule has 0 heterocycles. The van der Waals surface area contributed by atoms with E-state index >= 15 is 0 Å². The minimum absolute atomic E-state index is 0.162. The average molecular weight is 1170 g/mol. The molecule has 0 bridgehead atoms. The summed E-state index contributed by atoms with van der Waals surface area (Å²) < 4.78 is 137. The van der Waals surface area contributed by atoms with Gasteiger partial charge in [0.25, 0.3) is 5.91 Å². The molecule has 70 heavy (non-hydrogen) atoms. The molecule has 5 aromatic carbocycles. The Morgan fingerprint density at radius 3 is 1.84 bits per heavy atom. The van der Waals surface area contributed by atoms with Crippen LogP contribution in [0.2, 0.25) is 10.0 Å². The lowest BCUT2D eigenvalue weighted by Gasteiger charge is -2.18. The summed E-state index contributed by atoms with van der Waals surface area (Å²) in [5.74, 6) is -3.59. The van der Waals surface area contributed by atoms with Crippen molar-refractivity contribution in [1.29, 1.82) is 0 Å². The van der Waals surface area contributed by atoms with Crippen molar-refractivity contribution in [3.63, 3.8) is 0 Å². The first-order valence-corrected chi connectivity index (χ1v) is 28.1. The van der Waals surface area contributed by atoms with E-state index in [-0.39, 0.29) is 16.5 Å². The minimum Gasteiger partial charge on any atom is -0.456 e. The number of ether oxygens (including phenoxy) is 1. The van der Waals surface area contributed by atoms with Crippen LogP contribution in [0.25, 0.3) is 0 Å². The number of rotatable bonds is 20. The maximum atomic E-state index is 14.3. The maximum absolute atomic E-state index is 14.3. The highest BCUT2D eigenvalue weighted by Crippen LogP contribution is 2.61. The van der Waals surface area contributed by atoms with Gasteiger partial charge in [0.1, 0.15) is 46.0 Å². The molecule has 0 fully saturated rings. The summed E-state index contributed by atoms with van der Waals surface area (Å²) in [6.07, 6.45) is -0.196. The fourth-order valence-electron chi connectivity index (χ4n) is 4.96. The summed E-state index contributed by atoms with van der Waals surface area (Å²) in [6, 6.07) is 19.2. The number of hydrogen-bond acceptors (Lipinski definition) is 12. The molecule has 2 N–H and O–H groups in total. The fraction of sp³-hybridized carbons (Fsp3) is 0.289. The summed E-state index contributed by atoms with van der Waals surface area (Å²) in [7, 11) is -3.50. The molecule has 0 aliphatic carbocycles. The number of phosphoric ester groups is 1. The van der Waals surface area contributed by atoms with Crippen LogP contribution in [-0.4, -0.2) is 43.8 Å². The van der Waals surface area contributed by atoms with Crippen molar-refractivity contribution in [2.45, 2.75) is 58.0 Å². The number of alkyl halides is 3. The molecule has 0 saturated heterocycles. The zero-order valence-corrected chi connectivity index (χ0v) is 44.4. The zero-order valence-electron chi connectivity index (χ0n) is 37.9. The third-order valence-electron chi connectivity index (χ3n) is 8.12. The Bertz CT molecular complexity index is 2580. The number of carbonyl (C=O) groups excluding carboxylic acids is 2. The number of benzene rings is 5. The van der Waals surface area contributed by atoms with Gasteiger partial charge in [-0.1, -0.05) is 66.0 Å². The van der Waals surface area contributed by atoms with Gasteiger partial charge >= 0.3 is 26.8 Å². The van der Waals surface area contributed by atoms with Gasteiger partial charge in [-0.15, -0.1) is 11.8 Å². The Balaban J connectivity index is 0.000000300. The number of carbonyl (C=O) groups is 2. The van der Waals surface area contributed by atoms with Gasteiger partial charge in [0, 0.05) is 21.2 Å². The number of nitrogens with one attached hydrogen (secondary N) is 2. The van der Waals surface area contributed by atoms with Crippen molar-refractivity contribution in [2.24, 2.45) is 0 Å². The van der Waals surface area contributed by atoms with Crippen LogP contribution in [0.3, 0.4) is 0 Å². The zero-order chi connectivity index (χ0) is 52.1. The summed E-state index contributed by atoms with van der Waals surface area (Å²) >= 11 is 17.9. The quantitative estimate of drug-likeness (QED) is 0.0434. The van der Waals surface area contributed by atoms with Crippen LogP contribution in [-0.2, 0) is 28.9 Å². The molecule has 382 valence electrons. The first kappa shape index (κ1) is 60.4. The van der Waals surface area contributed by atoms with Crippen LogP contribution in [0, 0.1) is 17.5 Å². The standard InChI is InChI=1S/C21H11ClF6N2O3.C13H21O4PS.C11H15BrClO3PS/c22-12-8-10(21(26,27)28)4-7-17(12)33-11-5-6-16(15(25)9-11)29-20(32)30-19(31)18-13(23)2-1-3-14(18)24;1-4-10-15-18(14,16-11-5-2)17-12-6-8-13(19-3)9-7-12;1-3-7-18-17(14,15-4-2)16-11-6-5-9(12)8-10(11)13/h1-9H,(H2,29,30,31,32);6-9H,4-5,10-11H2,1-3H3;5-6,8H,3-4,7H2,1-2H3. The Morgan fingerprint density at radius 1 is 0.714 bits per heavy atom. The monoisotopic (exact) mass is 1160 g/mol. The van der Waals surface area contributed by atoms with Crippen LogP contribution in [0.4, 0.5) is 36.8 Å². The molecular weight excluding hydrogens is 1120 g/mol. The molecular formula is C45H47BrCl2F6N2O10P2S2. The molecule has 1 unspecified atom stereocenters. The van der Waals surface area contributed by atoms with Crippen molar-refractivity contribution in [3.05, 3.63) is 140 Å². The van der Waals surface area contributed by atoms with Crippen LogP contribution in [0.5, 0.6) is 23.0 Å². The second-order valence-electron chi connectivity index (χ2n) is 13.6.